The summed E-state index contributed by atoms with van der Waals surface area (Å²) in [6.45, 7) is 3.76. The average molecular weight is 472 g/mol. The number of carbonyl (C=O) groups excluding carboxylic acids is 1. The molecule has 7 nitrogen and oxygen atoms in total. The van der Waals surface area contributed by atoms with Crippen LogP contribution in [0.15, 0.2) is 58.9 Å². The number of nitrogens with zero attached hydrogens (tertiary/aromatic N) is 2. The van der Waals surface area contributed by atoms with Crippen molar-refractivity contribution in [1.29, 1.82) is 0 Å². The van der Waals surface area contributed by atoms with E-state index in [1.807, 2.05) is 0 Å². The highest BCUT2D eigenvalue weighted by atomic mass is 35.5. The number of amides is 1. The number of aromatic nitrogens is 1. The highest BCUT2D eigenvalue weighted by Crippen LogP contribution is 2.27. The number of halogens is 2. The van der Waals surface area contributed by atoms with Gasteiger partial charge in [0.1, 0.15) is 5.75 Å². The molecule has 0 aliphatic carbocycles. The molecule has 3 aromatic rings. The fourth-order valence-corrected chi connectivity index (χ4v) is 4.67. The second kappa shape index (κ2) is 8.68. The molecule has 0 fully saturated rings. The van der Waals surface area contributed by atoms with Crippen LogP contribution in [0.4, 0.5) is 0 Å². The second-order valence-corrected chi connectivity index (χ2v) is 9.24. The van der Waals surface area contributed by atoms with E-state index in [0.29, 0.717) is 32.3 Å². The number of fused-ring (bicyclic) bond motifs is 1. The SMILES string of the molecule is C=CCn1c(=NC(=O)COc2ccc(Cl)cc2Cl)sc2cc(S(N)(=O)=O)ccc21. The van der Waals surface area contributed by atoms with Gasteiger partial charge in [-0.2, -0.15) is 4.99 Å². The Kier molecular flexibility index (Phi) is 6.45. The topological polar surface area (TPSA) is 104 Å². The normalized spacial score (nSPS) is 12.3. The van der Waals surface area contributed by atoms with Gasteiger partial charge in [-0.05, 0) is 36.4 Å². The van der Waals surface area contributed by atoms with Crippen LogP contribution in [-0.2, 0) is 21.4 Å². The number of benzene rings is 2. The molecule has 2 N–H and O–H groups in total. The summed E-state index contributed by atoms with van der Waals surface area (Å²) in [6, 6.07) is 9.13. The lowest BCUT2D eigenvalue weighted by Crippen LogP contribution is -2.19. The van der Waals surface area contributed by atoms with E-state index in [0.717, 1.165) is 11.3 Å². The fourth-order valence-electron chi connectivity index (χ4n) is 2.49. The Hall–Kier alpha value is -2.17. The zero-order valence-electron chi connectivity index (χ0n) is 14.8. The summed E-state index contributed by atoms with van der Waals surface area (Å²) in [4.78, 5) is 16.8. The van der Waals surface area contributed by atoms with E-state index in [1.54, 1.807) is 28.8 Å². The van der Waals surface area contributed by atoms with Gasteiger partial charge in [-0.1, -0.05) is 40.6 Å². The number of hydrogen-bond donors (Lipinski definition) is 1. The predicted molar refractivity (Wildman–Crippen MR) is 114 cm³/mol. The zero-order chi connectivity index (χ0) is 21.2. The van der Waals surface area contributed by atoms with Gasteiger partial charge < -0.3 is 9.30 Å². The number of allylic oxidation sites excluding steroid dienone is 1. The van der Waals surface area contributed by atoms with Gasteiger partial charge in [0, 0.05) is 11.6 Å². The molecule has 0 saturated heterocycles. The molecule has 3 rings (SSSR count). The van der Waals surface area contributed by atoms with Crippen molar-refractivity contribution >= 4 is 60.7 Å². The Bertz CT molecular complexity index is 1280. The molecule has 1 heterocycles. The number of rotatable bonds is 6. The lowest BCUT2D eigenvalue weighted by molar-refractivity contribution is -0.120. The van der Waals surface area contributed by atoms with Gasteiger partial charge in [0.2, 0.25) is 10.0 Å². The maximum Gasteiger partial charge on any atom is 0.286 e. The number of hydrogen-bond acceptors (Lipinski definition) is 5. The zero-order valence-corrected chi connectivity index (χ0v) is 18.0. The van der Waals surface area contributed by atoms with E-state index in [9.17, 15) is 13.2 Å². The first-order valence-corrected chi connectivity index (χ1v) is 11.2. The highest BCUT2D eigenvalue weighted by Gasteiger charge is 2.13. The van der Waals surface area contributed by atoms with E-state index < -0.39 is 15.9 Å². The van der Waals surface area contributed by atoms with Crippen LogP contribution in [0.25, 0.3) is 10.2 Å². The van der Waals surface area contributed by atoms with Crippen molar-refractivity contribution in [2.75, 3.05) is 6.61 Å². The third-order valence-corrected chi connectivity index (χ3v) is 6.24. The third-order valence-electron chi connectivity index (χ3n) is 3.76. The molecular weight excluding hydrogens is 457 g/mol. The van der Waals surface area contributed by atoms with Gasteiger partial charge in [0.25, 0.3) is 5.91 Å². The first-order chi connectivity index (χ1) is 13.7. The molecule has 0 aliphatic rings. The Morgan fingerprint density at radius 1 is 1.28 bits per heavy atom. The van der Waals surface area contributed by atoms with E-state index in [-0.39, 0.29) is 16.5 Å². The molecule has 0 saturated carbocycles. The number of thiazole rings is 1. The molecule has 2 aromatic carbocycles. The van der Waals surface area contributed by atoms with Crippen molar-refractivity contribution < 1.29 is 17.9 Å². The average Bonchev–Trinajstić information content (AvgIpc) is 2.97. The van der Waals surface area contributed by atoms with Crippen LogP contribution in [0, 0.1) is 0 Å². The van der Waals surface area contributed by atoms with Crippen LogP contribution in [0.2, 0.25) is 10.0 Å². The molecule has 0 unspecified atom stereocenters. The van der Waals surface area contributed by atoms with Crippen LogP contribution < -0.4 is 14.7 Å². The lowest BCUT2D eigenvalue weighted by Gasteiger charge is -2.06. The quantitative estimate of drug-likeness (QED) is 0.556. The maximum absolute atomic E-state index is 12.3. The van der Waals surface area contributed by atoms with E-state index in [2.05, 4.69) is 11.6 Å². The van der Waals surface area contributed by atoms with Crippen LogP contribution >= 0.6 is 34.5 Å². The molecule has 0 spiro atoms. The summed E-state index contributed by atoms with van der Waals surface area (Å²) in [5.41, 5.74) is 0.704. The van der Waals surface area contributed by atoms with Crippen molar-refractivity contribution in [3.8, 4) is 5.75 Å². The smallest absolute Gasteiger partial charge is 0.286 e. The molecule has 0 bridgehead atoms. The monoisotopic (exact) mass is 471 g/mol. The Morgan fingerprint density at radius 2 is 2.03 bits per heavy atom. The van der Waals surface area contributed by atoms with Crippen molar-refractivity contribution in [2.45, 2.75) is 11.4 Å². The molecule has 1 aromatic heterocycles. The molecule has 152 valence electrons. The van der Waals surface area contributed by atoms with Gasteiger partial charge in [-0.25, -0.2) is 13.6 Å². The Labute approximate surface area is 180 Å². The minimum absolute atomic E-state index is 0.0180. The molecule has 1 amide bonds. The molecule has 29 heavy (non-hydrogen) atoms. The van der Waals surface area contributed by atoms with Crippen molar-refractivity contribution in [3.63, 3.8) is 0 Å². The minimum atomic E-state index is -3.84. The predicted octanol–water partition coefficient (Wildman–Crippen LogP) is 3.35. The van der Waals surface area contributed by atoms with Crippen LogP contribution in [0.5, 0.6) is 5.75 Å². The number of ether oxygens (including phenoxy) is 1. The minimum Gasteiger partial charge on any atom is -0.482 e. The maximum atomic E-state index is 12.3. The lowest BCUT2D eigenvalue weighted by atomic mass is 10.3. The van der Waals surface area contributed by atoms with Gasteiger partial charge >= 0.3 is 0 Å². The summed E-state index contributed by atoms with van der Waals surface area (Å²) in [7, 11) is -3.84. The van der Waals surface area contributed by atoms with Crippen LogP contribution in [0.3, 0.4) is 0 Å². The van der Waals surface area contributed by atoms with Crippen molar-refractivity contribution in [2.24, 2.45) is 10.1 Å². The number of primary sulfonamides is 1. The molecule has 11 heteroatoms. The fraction of sp³-hybridized carbons (Fsp3) is 0.111. The third kappa shape index (κ3) is 5.06. The summed E-state index contributed by atoms with van der Waals surface area (Å²) in [5.74, 6) is -0.222. The van der Waals surface area contributed by atoms with E-state index >= 15 is 0 Å². The molecular formula is C18H15Cl2N3O4S2. The van der Waals surface area contributed by atoms with E-state index in [4.69, 9.17) is 33.1 Å². The highest BCUT2D eigenvalue weighted by molar-refractivity contribution is 7.89. The molecule has 0 atom stereocenters. The Balaban J connectivity index is 1.94. The largest absolute Gasteiger partial charge is 0.482 e. The van der Waals surface area contributed by atoms with Crippen molar-refractivity contribution in [1.82, 2.24) is 4.57 Å². The van der Waals surface area contributed by atoms with Gasteiger partial charge in [0.15, 0.2) is 11.4 Å². The standard InChI is InChI=1S/C18H15Cl2N3O4S2/c1-2-7-23-14-5-4-12(29(21,25)26)9-16(14)28-18(23)22-17(24)10-27-15-6-3-11(19)8-13(15)20/h2-6,8-9H,1,7,10H2,(H2,21,25,26). The first-order valence-electron chi connectivity index (χ1n) is 8.11. The number of sulfonamides is 1. The molecule has 0 aliphatic heterocycles. The van der Waals surface area contributed by atoms with Gasteiger partial charge in [0.05, 0.1) is 20.1 Å². The molecule has 0 radical (unpaired) electrons. The summed E-state index contributed by atoms with van der Waals surface area (Å²) in [5, 5.41) is 5.92. The van der Waals surface area contributed by atoms with Crippen LogP contribution in [0.1, 0.15) is 0 Å². The van der Waals surface area contributed by atoms with Crippen LogP contribution in [-0.4, -0.2) is 25.5 Å². The number of nitrogens with two attached hydrogens (primary N) is 1. The first kappa shape index (κ1) is 21.5. The summed E-state index contributed by atoms with van der Waals surface area (Å²) < 4.78 is 30.9. The van der Waals surface area contributed by atoms with Gasteiger partial charge in [-0.15, -0.1) is 6.58 Å². The number of carbonyl (C=O) groups is 1. The van der Waals surface area contributed by atoms with E-state index in [1.165, 1.54) is 18.2 Å². The summed E-state index contributed by atoms with van der Waals surface area (Å²) >= 11 is 13.0. The summed E-state index contributed by atoms with van der Waals surface area (Å²) in [6.07, 6.45) is 1.65. The Morgan fingerprint density at radius 3 is 2.69 bits per heavy atom. The second-order valence-electron chi connectivity index (χ2n) is 5.83. The van der Waals surface area contributed by atoms with Crippen molar-refractivity contribution in [3.05, 3.63) is 63.9 Å². The van der Waals surface area contributed by atoms with Gasteiger partial charge in [-0.3, -0.25) is 4.79 Å².